The number of ether oxygens (including phenoxy) is 1. The summed E-state index contributed by atoms with van der Waals surface area (Å²) in [5, 5.41) is 11.2. The number of carbonyl (C=O) groups excluding carboxylic acids is 1. The first-order valence-electron chi connectivity index (χ1n) is 8.04. The van der Waals surface area contributed by atoms with E-state index in [1.54, 1.807) is 6.20 Å². The molecule has 3 rings (SSSR count). The van der Waals surface area contributed by atoms with Gasteiger partial charge in [-0.05, 0) is 12.5 Å². The standard InChI is InChI=1S/C15H22N6O2/c1-2-13-17-15(19-18-13)12-11-20(9-10-23-12)14(22)5-3-7-21-8-4-6-16-21/h4,6,8,12H,2-3,5,7,9-11H2,1H3,(H,17,18,19). The molecule has 1 saturated heterocycles. The van der Waals surface area contributed by atoms with E-state index in [0.717, 1.165) is 25.2 Å². The van der Waals surface area contributed by atoms with Gasteiger partial charge < -0.3 is 9.64 Å². The fourth-order valence-corrected chi connectivity index (χ4v) is 2.63. The Bertz CT molecular complexity index is 624. The van der Waals surface area contributed by atoms with Crippen molar-refractivity contribution < 1.29 is 9.53 Å². The molecule has 8 nitrogen and oxygen atoms in total. The number of aromatic amines is 1. The summed E-state index contributed by atoms with van der Waals surface area (Å²) >= 11 is 0. The predicted molar refractivity (Wildman–Crippen MR) is 82.5 cm³/mol. The van der Waals surface area contributed by atoms with E-state index in [1.807, 2.05) is 28.8 Å². The Morgan fingerprint density at radius 3 is 3.17 bits per heavy atom. The van der Waals surface area contributed by atoms with E-state index in [9.17, 15) is 4.79 Å². The third-order valence-electron chi connectivity index (χ3n) is 3.93. The molecule has 1 N–H and O–H groups in total. The lowest BCUT2D eigenvalue weighted by atomic mass is 10.2. The summed E-state index contributed by atoms with van der Waals surface area (Å²) in [6, 6.07) is 1.88. The van der Waals surface area contributed by atoms with Crippen LogP contribution in [0.3, 0.4) is 0 Å². The molecule has 3 heterocycles. The van der Waals surface area contributed by atoms with Crippen LogP contribution in [-0.4, -0.2) is 55.5 Å². The zero-order chi connectivity index (χ0) is 16.1. The second kappa shape index (κ2) is 7.36. The van der Waals surface area contributed by atoms with E-state index in [2.05, 4.69) is 20.3 Å². The van der Waals surface area contributed by atoms with Crippen LogP contribution in [0.15, 0.2) is 18.5 Å². The summed E-state index contributed by atoms with van der Waals surface area (Å²) in [5.74, 6) is 1.62. The highest BCUT2D eigenvalue weighted by Gasteiger charge is 2.27. The number of hydrogen-bond donors (Lipinski definition) is 1. The summed E-state index contributed by atoms with van der Waals surface area (Å²) in [5.41, 5.74) is 0. The Hall–Kier alpha value is -2.22. The van der Waals surface area contributed by atoms with Crippen LogP contribution < -0.4 is 0 Å². The molecule has 0 bridgehead atoms. The van der Waals surface area contributed by atoms with E-state index in [1.165, 1.54) is 0 Å². The minimum Gasteiger partial charge on any atom is -0.366 e. The highest BCUT2D eigenvalue weighted by atomic mass is 16.5. The first kappa shape index (κ1) is 15.7. The summed E-state index contributed by atoms with van der Waals surface area (Å²) in [6.45, 7) is 4.43. The fraction of sp³-hybridized carbons (Fsp3) is 0.600. The van der Waals surface area contributed by atoms with Crippen LogP contribution in [0.5, 0.6) is 0 Å². The van der Waals surface area contributed by atoms with E-state index in [0.29, 0.717) is 31.9 Å². The Balaban J connectivity index is 1.50. The molecule has 1 atom stereocenters. The summed E-state index contributed by atoms with van der Waals surface area (Å²) in [6.07, 6.45) is 5.51. The Kier molecular flexibility index (Phi) is 5.02. The van der Waals surface area contributed by atoms with Crippen molar-refractivity contribution in [3.63, 3.8) is 0 Å². The van der Waals surface area contributed by atoms with Crippen molar-refractivity contribution in [3.8, 4) is 0 Å². The van der Waals surface area contributed by atoms with Crippen LogP contribution in [0.4, 0.5) is 0 Å². The molecule has 23 heavy (non-hydrogen) atoms. The van der Waals surface area contributed by atoms with Crippen molar-refractivity contribution in [1.29, 1.82) is 0 Å². The van der Waals surface area contributed by atoms with Gasteiger partial charge >= 0.3 is 0 Å². The van der Waals surface area contributed by atoms with Gasteiger partial charge in [0, 0.05) is 38.3 Å². The third-order valence-corrected chi connectivity index (χ3v) is 3.93. The van der Waals surface area contributed by atoms with Gasteiger partial charge in [0.1, 0.15) is 11.9 Å². The van der Waals surface area contributed by atoms with Crippen LogP contribution in [0, 0.1) is 0 Å². The average molecular weight is 318 g/mol. The van der Waals surface area contributed by atoms with Crippen molar-refractivity contribution in [3.05, 3.63) is 30.1 Å². The molecular formula is C15H22N6O2. The van der Waals surface area contributed by atoms with Crippen LogP contribution in [0.1, 0.15) is 37.5 Å². The minimum atomic E-state index is -0.240. The third kappa shape index (κ3) is 3.95. The molecule has 0 aliphatic carbocycles. The largest absolute Gasteiger partial charge is 0.366 e. The SMILES string of the molecule is CCc1nc(C2CN(C(=O)CCCn3cccn3)CCO2)n[nH]1. The van der Waals surface area contributed by atoms with E-state index < -0.39 is 0 Å². The maximum absolute atomic E-state index is 12.4. The number of carbonyl (C=O) groups is 1. The van der Waals surface area contributed by atoms with Gasteiger partial charge in [0.25, 0.3) is 0 Å². The van der Waals surface area contributed by atoms with Crippen molar-refractivity contribution in [2.75, 3.05) is 19.7 Å². The Labute approximate surface area is 134 Å². The molecule has 2 aromatic rings. The zero-order valence-corrected chi connectivity index (χ0v) is 13.3. The van der Waals surface area contributed by atoms with Gasteiger partial charge in [-0.2, -0.15) is 10.2 Å². The predicted octanol–water partition coefficient (Wildman–Crippen LogP) is 0.944. The highest BCUT2D eigenvalue weighted by Crippen LogP contribution is 2.20. The molecule has 1 fully saturated rings. The summed E-state index contributed by atoms with van der Waals surface area (Å²) < 4.78 is 7.56. The molecule has 124 valence electrons. The van der Waals surface area contributed by atoms with Crippen LogP contribution in [0.2, 0.25) is 0 Å². The lowest BCUT2D eigenvalue weighted by molar-refractivity contribution is -0.139. The molecule has 1 aliphatic rings. The second-order valence-electron chi connectivity index (χ2n) is 5.57. The quantitative estimate of drug-likeness (QED) is 0.856. The summed E-state index contributed by atoms with van der Waals surface area (Å²) in [7, 11) is 0. The fourth-order valence-electron chi connectivity index (χ4n) is 2.63. The van der Waals surface area contributed by atoms with Gasteiger partial charge in [-0.1, -0.05) is 6.92 Å². The molecular weight excluding hydrogens is 296 g/mol. The lowest BCUT2D eigenvalue weighted by Crippen LogP contribution is -2.42. The van der Waals surface area contributed by atoms with Crippen LogP contribution in [0.25, 0.3) is 0 Å². The number of morpholine rings is 1. The first-order chi connectivity index (χ1) is 11.3. The maximum atomic E-state index is 12.4. The highest BCUT2D eigenvalue weighted by molar-refractivity contribution is 5.76. The topological polar surface area (TPSA) is 88.9 Å². The molecule has 1 amide bonds. The van der Waals surface area contributed by atoms with Gasteiger partial charge in [0.15, 0.2) is 5.82 Å². The number of aromatic nitrogens is 5. The normalized spacial score (nSPS) is 18.3. The van der Waals surface area contributed by atoms with Crippen LogP contribution in [-0.2, 0) is 22.5 Å². The van der Waals surface area contributed by atoms with E-state index >= 15 is 0 Å². The molecule has 0 saturated carbocycles. The Morgan fingerprint density at radius 2 is 2.43 bits per heavy atom. The number of nitrogens with zero attached hydrogens (tertiary/aromatic N) is 5. The number of amides is 1. The molecule has 8 heteroatoms. The minimum absolute atomic E-state index is 0.150. The molecule has 2 aromatic heterocycles. The molecule has 0 aromatic carbocycles. The van der Waals surface area contributed by atoms with Crippen molar-refractivity contribution in [2.24, 2.45) is 0 Å². The number of nitrogens with one attached hydrogen (secondary N) is 1. The van der Waals surface area contributed by atoms with Gasteiger partial charge in [-0.3, -0.25) is 14.6 Å². The summed E-state index contributed by atoms with van der Waals surface area (Å²) in [4.78, 5) is 18.6. The molecule has 1 unspecified atom stereocenters. The molecule has 1 aliphatic heterocycles. The average Bonchev–Trinajstić information content (AvgIpc) is 3.26. The molecule has 0 radical (unpaired) electrons. The second-order valence-corrected chi connectivity index (χ2v) is 5.57. The van der Waals surface area contributed by atoms with Gasteiger partial charge in [-0.25, -0.2) is 4.98 Å². The Morgan fingerprint density at radius 1 is 1.52 bits per heavy atom. The number of H-pyrrole nitrogens is 1. The van der Waals surface area contributed by atoms with E-state index in [-0.39, 0.29) is 12.0 Å². The smallest absolute Gasteiger partial charge is 0.222 e. The first-order valence-corrected chi connectivity index (χ1v) is 8.04. The van der Waals surface area contributed by atoms with Crippen molar-refractivity contribution >= 4 is 5.91 Å². The number of aryl methyl sites for hydroxylation is 2. The zero-order valence-electron chi connectivity index (χ0n) is 13.3. The van der Waals surface area contributed by atoms with E-state index in [4.69, 9.17) is 4.74 Å². The van der Waals surface area contributed by atoms with Gasteiger partial charge in [0.2, 0.25) is 5.91 Å². The van der Waals surface area contributed by atoms with Gasteiger partial charge in [-0.15, -0.1) is 0 Å². The molecule has 0 spiro atoms. The van der Waals surface area contributed by atoms with Crippen molar-refractivity contribution in [1.82, 2.24) is 29.9 Å². The lowest BCUT2D eigenvalue weighted by Gasteiger charge is -2.31. The number of hydrogen-bond acceptors (Lipinski definition) is 5. The van der Waals surface area contributed by atoms with Gasteiger partial charge in [0.05, 0.1) is 13.2 Å². The maximum Gasteiger partial charge on any atom is 0.222 e. The van der Waals surface area contributed by atoms with Crippen LogP contribution >= 0.6 is 0 Å². The van der Waals surface area contributed by atoms with Crippen molar-refractivity contribution in [2.45, 2.75) is 38.8 Å². The number of rotatable bonds is 6. The monoisotopic (exact) mass is 318 g/mol.